The molecule has 0 aliphatic rings. The predicted molar refractivity (Wildman–Crippen MR) is 71.6 cm³/mol. The molecule has 3 N–H and O–H groups in total. The Labute approximate surface area is 98.3 Å². The molecule has 15 heavy (non-hydrogen) atoms. The van der Waals surface area contributed by atoms with E-state index in [2.05, 4.69) is 23.5 Å². The highest BCUT2D eigenvalue weighted by atomic mass is 32.2. The summed E-state index contributed by atoms with van der Waals surface area (Å²) >= 11 is 1.92. The van der Waals surface area contributed by atoms with Gasteiger partial charge in [0.05, 0.1) is 0 Å². The molecule has 0 atom stereocenters. The van der Waals surface area contributed by atoms with Crippen molar-refractivity contribution in [3.8, 4) is 0 Å². The van der Waals surface area contributed by atoms with Crippen molar-refractivity contribution >= 4 is 17.7 Å². The minimum absolute atomic E-state index is 0.598. The number of hydrogen-bond acceptors (Lipinski definition) is 2. The van der Waals surface area contributed by atoms with Crippen LogP contribution in [0.25, 0.3) is 0 Å². The molecule has 0 radical (unpaired) electrons. The highest BCUT2D eigenvalue weighted by Gasteiger charge is 1.92. The minimum atomic E-state index is 0.598. The van der Waals surface area contributed by atoms with Crippen LogP contribution < -0.4 is 11.1 Å². The molecule has 0 unspecified atom stereocenters. The normalized spacial score (nSPS) is 11.7. The zero-order chi connectivity index (χ0) is 11.4. The van der Waals surface area contributed by atoms with Gasteiger partial charge in [-0.15, -0.1) is 0 Å². The third-order valence-electron chi connectivity index (χ3n) is 2.09. The summed E-state index contributed by atoms with van der Waals surface area (Å²) in [6, 6.07) is 0. The van der Waals surface area contributed by atoms with Crippen LogP contribution in [-0.2, 0) is 0 Å². The summed E-state index contributed by atoms with van der Waals surface area (Å²) in [6.07, 6.45) is 8.35. The van der Waals surface area contributed by atoms with Crippen molar-refractivity contribution in [1.82, 2.24) is 5.32 Å². The summed E-state index contributed by atoms with van der Waals surface area (Å²) in [4.78, 5) is 4.17. The maximum atomic E-state index is 5.66. The summed E-state index contributed by atoms with van der Waals surface area (Å²) in [5.74, 6) is 1.88. The lowest BCUT2D eigenvalue weighted by atomic mass is 10.2. The zero-order valence-corrected chi connectivity index (χ0v) is 10.9. The molecule has 3 nitrogen and oxygen atoms in total. The van der Waals surface area contributed by atoms with E-state index in [4.69, 9.17) is 5.73 Å². The Hall–Kier alpha value is -0.380. The third-order valence-corrected chi connectivity index (χ3v) is 2.78. The maximum absolute atomic E-state index is 5.66. The number of unbranched alkanes of at least 4 members (excludes halogenated alkanes) is 3. The highest BCUT2D eigenvalue weighted by Crippen LogP contribution is 2.03. The average Bonchev–Trinajstić information content (AvgIpc) is 2.25. The largest absolute Gasteiger partial charge is 0.370 e. The van der Waals surface area contributed by atoms with E-state index in [9.17, 15) is 0 Å². The molecule has 0 aliphatic carbocycles. The van der Waals surface area contributed by atoms with Crippen molar-refractivity contribution in [3.63, 3.8) is 0 Å². The molecule has 90 valence electrons. The van der Waals surface area contributed by atoms with Gasteiger partial charge >= 0.3 is 0 Å². The molecule has 0 aromatic heterocycles. The molecule has 0 aromatic rings. The molecule has 4 heteroatoms. The first-order valence-electron chi connectivity index (χ1n) is 5.84. The SMILES string of the molecule is CCCN=C(N)NCCCCCCSC. The first kappa shape index (κ1) is 14.6. The molecule has 0 amide bonds. The fourth-order valence-electron chi connectivity index (χ4n) is 1.23. The average molecular weight is 231 g/mol. The number of aliphatic imine (C=N–C) groups is 1. The van der Waals surface area contributed by atoms with Crippen LogP contribution in [-0.4, -0.2) is 31.1 Å². The molecule has 0 saturated heterocycles. The first-order chi connectivity index (χ1) is 7.31. The van der Waals surface area contributed by atoms with E-state index >= 15 is 0 Å². The smallest absolute Gasteiger partial charge is 0.188 e. The van der Waals surface area contributed by atoms with Crippen LogP contribution in [0.3, 0.4) is 0 Å². The lowest BCUT2D eigenvalue weighted by molar-refractivity contribution is 0.655. The maximum Gasteiger partial charge on any atom is 0.188 e. The third kappa shape index (κ3) is 11.5. The number of thioether (sulfide) groups is 1. The van der Waals surface area contributed by atoms with Crippen molar-refractivity contribution < 1.29 is 0 Å². The molecular formula is C11H25N3S. The van der Waals surface area contributed by atoms with Crippen LogP contribution in [0.1, 0.15) is 39.0 Å². The van der Waals surface area contributed by atoms with Crippen molar-refractivity contribution in [2.45, 2.75) is 39.0 Å². The summed E-state index contributed by atoms with van der Waals surface area (Å²) in [6.45, 7) is 3.88. The monoisotopic (exact) mass is 231 g/mol. The van der Waals surface area contributed by atoms with Gasteiger partial charge in [-0.25, -0.2) is 0 Å². The molecule has 0 fully saturated rings. The van der Waals surface area contributed by atoms with Crippen LogP contribution in [0.5, 0.6) is 0 Å². The topological polar surface area (TPSA) is 50.4 Å². The van der Waals surface area contributed by atoms with E-state index in [1.165, 1.54) is 31.4 Å². The Kier molecular flexibility index (Phi) is 11.4. The van der Waals surface area contributed by atoms with Gasteiger partial charge in [0, 0.05) is 13.1 Å². The second-order valence-corrected chi connectivity index (χ2v) is 4.59. The van der Waals surface area contributed by atoms with Gasteiger partial charge in [0.25, 0.3) is 0 Å². The summed E-state index contributed by atoms with van der Waals surface area (Å²) in [5, 5.41) is 3.13. The molecule has 0 aliphatic heterocycles. The first-order valence-corrected chi connectivity index (χ1v) is 7.23. The van der Waals surface area contributed by atoms with Gasteiger partial charge in [-0.05, 0) is 31.3 Å². The number of rotatable bonds is 9. The summed E-state index contributed by atoms with van der Waals surface area (Å²) in [5.41, 5.74) is 5.66. The highest BCUT2D eigenvalue weighted by molar-refractivity contribution is 7.98. The van der Waals surface area contributed by atoms with Gasteiger partial charge in [0.15, 0.2) is 5.96 Å². The van der Waals surface area contributed by atoms with Crippen LogP contribution >= 0.6 is 11.8 Å². The number of hydrogen-bond donors (Lipinski definition) is 2. The van der Waals surface area contributed by atoms with Crippen molar-refractivity contribution in [1.29, 1.82) is 0 Å². The number of guanidine groups is 1. The lowest BCUT2D eigenvalue weighted by Crippen LogP contribution is -2.32. The van der Waals surface area contributed by atoms with Crippen LogP contribution in [0.2, 0.25) is 0 Å². The van der Waals surface area contributed by atoms with Crippen molar-refractivity contribution in [2.24, 2.45) is 10.7 Å². The summed E-state index contributed by atoms with van der Waals surface area (Å²) < 4.78 is 0. The fourth-order valence-corrected chi connectivity index (χ4v) is 1.72. The molecule has 0 heterocycles. The van der Waals surface area contributed by atoms with E-state index in [0.29, 0.717) is 5.96 Å². The second kappa shape index (κ2) is 11.7. The van der Waals surface area contributed by atoms with Crippen LogP contribution in [0.4, 0.5) is 0 Å². The predicted octanol–water partition coefficient (Wildman–Crippen LogP) is 2.22. The van der Waals surface area contributed by atoms with Gasteiger partial charge < -0.3 is 11.1 Å². The molecule has 0 spiro atoms. The standard InChI is InChI=1S/C11H25N3S/c1-3-8-13-11(12)14-9-6-4-5-7-10-15-2/h3-10H2,1-2H3,(H3,12,13,14). The van der Waals surface area contributed by atoms with Crippen LogP contribution in [0.15, 0.2) is 4.99 Å². The molecule has 0 aromatic carbocycles. The Balaban J connectivity index is 3.16. The number of nitrogens with two attached hydrogens (primary N) is 1. The van der Waals surface area contributed by atoms with Gasteiger partial charge in [-0.2, -0.15) is 11.8 Å². The number of nitrogens with zero attached hydrogens (tertiary/aromatic N) is 1. The Morgan fingerprint density at radius 2 is 2.00 bits per heavy atom. The Morgan fingerprint density at radius 1 is 1.27 bits per heavy atom. The minimum Gasteiger partial charge on any atom is -0.370 e. The Bertz CT molecular complexity index is 160. The van der Waals surface area contributed by atoms with E-state index < -0.39 is 0 Å². The van der Waals surface area contributed by atoms with Gasteiger partial charge in [-0.1, -0.05) is 19.8 Å². The number of nitrogens with one attached hydrogen (secondary N) is 1. The van der Waals surface area contributed by atoms with Crippen molar-refractivity contribution in [2.75, 3.05) is 25.1 Å². The zero-order valence-electron chi connectivity index (χ0n) is 10.1. The summed E-state index contributed by atoms with van der Waals surface area (Å²) in [7, 11) is 0. The molecule has 0 bridgehead atoms. The quantitative estimate of drug-likeness (QED) is 0.363. The fraction of sp³-hybridized carbons (Fsp3) is 0.909. The van der Waals surface area contributed by atoms with Gasteiger partial charge in [-0.3, -0.25) is 4.99 Å². The lowest BCUT2D eigenvalue weighted by Gasteiger charge is -2.04. The van der Waals surface area contributed by atoms with Crippen molar-refractivity contribution in [3.05, 3.63) is 0 Å². The van der Waals surface area contributed by atoms with E-state index in [1.54, 1.807) is 0 Å². The van der Waals surface area contributed by atoms with Gasteiger partial charge in [0.2, 0.25) is 0 Å². The van der Waals surface area contributed by atoms with Crippen LogP contribution in [0, 0.1) is 0 Å². The van der Waals surface area contributed by atoms with E-state index in [0.717, 1.165) is 19.5 Å². The van der Waals surface area contributed by atoms with Gasteiger partial charge in [0.1, 0.15) is 0 Å². The molecule has 0 rings (SSSR count). The van der Waals surface area contributed by atoms with E-state index in [1.807, 2.05) is 11.8 Å². The van der Waals surface area contributed by atoms with E-state index in [-0.39, 0.29) is 0 Å². The molecule has 0 saturated carbocycles. The second-order valence-electron chi connectivity index (χ2n) is 3.60. The molecular weight excluding hydrogens is 206 g/mol. The Morgan fingerprint density at radius 3 is 2.67 bits per heavy atom.